The second-order valence-electron chi connectivity index (χ2n) is 2.91. The van der Waals surface area contributed by atoms with Gasteiger partial charge in [-0.3, -0.25) is 0 Å². The normalized spacial score (nSPS) is 9.86. The van der Waals surface area contributed by atoms with Crippen LogP contribution in [0.4, 0.5) is 5.69 Å². The maximum atomic E-state index is 11.4. The molecular weight excluding hydrogens is 180 g/mol. The van der Waals surface area contributed by atoms with E-state index in [0.717, 1.165) is 5.56 Å². The fourth-order valence-corrected chi connectivity index (χ4v) is 1.33. The van der Waals surface area contributed by atoms with Gasteiger partial charge < -0.3 is 16.2 Å². The lowest BCUT2D eigenvalue weighted by molar-refractivity contribution is 0.0601. The molecule has 0 amide bonds. The van der Waals surface area contributed by atoms with Gasteiger partial charge in [0.05, 0.1) is 12.7 Å². The van der Waals surface area contributed by atoms with Crippen molar-refractivity contribution in [1.82, 2.24) is 0 Å². The first-order chi connectivity index (χ1) is 6.70. The molecule has 0 saturated carbocycles. The van der Waals surface area contributed by atoms with Crippen molar-refractivity contribution in [2.75, 3.05) is 19.4 Å². The van der Waals surface area contributed by atoms with Gasteiger partial charge in [-0.2, -0.15) is 0 Å². The van der Waals surface area contributed by atoms with Crippen molar-refractivity contribution < 1.29 is 9.53 Å². The Morgan fingerprint density at radius 1 is 1.50 bits per heavy atom. The number of methoxy groups -OCH3 is 1. The number of ether oxygens (including phenoxy) is 1. The van der Waals surface area contributed by atoms with E-state index in [1.54, 1.807) is 12.1 Å². The Kier molecular flexibility index (Phi) is 3.48. The number of nitrogens with two attached hydrogens (primary N) is 2. The first kappa shape index (κ1) is 10.5. The highest BCUT2D eigenvalue weighted by molar-refractivity contribution is 5.96. The zero-order valence-corrected chi connectivity index (χ0v) is 8.12. The molecule has 1 aromatic carbocycles. The van der Waals surface area contributed by atoms with E-state index in [0.29, 0.717) is 24.2 Å². The van der Waals surface area contributed by atoms with Crippen molar-refractivity contribution in [1.29, 1.82) is 0 Å². The lowest BCUT2D eigenvalue weighted by Crippen LogP contribution is -2.12. The number of hydrogen-bond donors (Lipinski definition) is 2. The monoisotopic (exact) mass is 194 g/mol. The van der Waals surface area contributed by atoms with Crippen LogP contribution in [0.25, 0.3) is 0 Å². The zero-order valence-electron chi connectivity index (χ0n) is 8.12. The van der Waals surface area contributed by atoms with Crippen molar-refractivity contribution in [3.63, 3.8) is 0 Å². The Bertz CT molecular complexity index is 337. The first-order valence-electron chi connectivity index (χ1n) is 4.36. The largest absolute Gasteiger partial charge is 0.465 e. The molecule has 0 atom stereocenters. The van der Waals surface area contributed by atoms with Gasteiger partial charge in [0.1, 0.15) is 0 Å². The number of carbonyl (C=O) groups is 1. The van der Waals surface area contributed by atoms with Crippen molar-refractivity contribution in [2.45, 2.75) is 6.42 Å². The SMILES string of the molecule is COC(=O)c1c(N)cccc1CCN. The molecule has 0 aromatic heterocycles. The van der Waals surface area contributed by atoms with Gasteiger partial charge in [-0.25, -0.2) is 4.79 Å². The molecule has 0 aliphatic heterocycles. The summed E-state index contributed by atoms with van der Waals surface area (Å²) in [6, 6.07) is 5.30. The molecule has 4 heteroatoms. The molecule has 0 fully saturated rings. The first-order valence-corrected chi connectivity index (χ1v) is 4.36. The number of rotatable bonds is 3. The summed E-state index contributed by atoms with van der Waals surface area (Å²) in [5, 5.41) is 0. The zero-order chi connectivity index (χ0) is 10.6. The van der Waals surface area contributed by atoms with Gasteiger partial charge in [-0.1, -0.05) is 12.1 Å². The van der Waals surface area contributed by atoms with Crippen molar-refractivity contribution in [3.05, 3.63) is 29.3 Å². The number of esters is 1. The Hall–Kier alpha value is -1.55. The lowest BCUT2D eigenvalue weighted by Gasteiger charge is -2.09. The van der Waals surface area contributed by atoms with Crippen LogP contribution in [0.2, 0.25) is 0 Å². The lowest BCUT2D eigenvalue weighted by atomic mass is 10.0. The molecule has 0 saturated heterocycles. The second-order valence-corrected chi connectivity index (χ2v) is 2.91. The molecule has 0 aliphatic rings. The summed E-state index contributed by atoms with van der Waals surface area (Å²) in [7, 11) is 1.33. The van der Waals surface area contributed by atoms with Crippen LogP contribution in [-0.4, -0.2) is 19.6 Å². The minimum Gasteiger partial charge on any atom is -0.465 e. The maximum Gasteiger partial charge on any atom is 0.340 e. The van der Waals surface area contributed by atoms with Crippen LogP contribution in [0.5, 0.6) is 0 Å². The molecule has 0 aliphatic carbocycles. The third-order valence-electron chi connectivity index (χ3n) is 1.99. The molecule has 0 radical (unpaired) electrons. The van der Waals surface area contributed by atoms with E-state index < -0.39 is 5.97 Å². The molecule has 14 heavy (non-hydrogen) atoms. The smallest absolute Gasteiger partial charge is 0.340 e. The molecule has 0 spiro atoms. The van der Waals surface area contributed by atoms with Crippen LogP contribution in [0, 0.1) is 0 Å². The fraction of sp³-hybridized carbons (Fsp3) is 0.300. The molecule has 4 N–H and O–H groups in total. The minimum atomic E-state index is -0.411. The summed E-state index contributed by atoms with van der Waals surface area (Å²) in [4.78, 5) is 11.4. The molecule has 4 nitrogen and oxygen atoms in total. The summed E-state index contributed by atoms with van der Waals surface area (Å²) in [6.07, 6.45) is 0.621. The minimum absolute atomic E-state index is 0.411. The number of anilines is 1. The molecule has 0 unspecified atom stereocenters. The van der Waals surface area contributed by atoms with Crippen LogP contribution in [0.1, 0.15) is 15.9 Å². The molecule has 76 valence electrons. The summed E-state index contributed by atoms with van der Waals surface area (Å²) in [6.45, 7) is 0.480. The Morgan fingerprint density at radius 2 is 2.21 bits per heavy atom. The van der Waals surface area contributed by atoms with Gasteiger partial charge in [-0.15, -0.1) is 0 Å². The standard InChI is InChI=1S/C10H14N2O2/c1-14-10(13)9-7(5-6-11)3-2-4-8(9)12/h2-4H,5-6,11-12H2,1H3. The number of carbonyl (C=O) groups excluding carboxylic acids is 1. The topological polar surface area (TPSA) is 78.3 Å². The third-order valence-corrected chi connectivity index (χ3v) is 1.99. The highest BCUT2D eigenvalue weighted by Gasteiger charge is 2.14. The van der Waals surface area contributed by atoms with Gasteiger partial charge in [-0.05, 0) is 24.6 Å². The Balaban J connectivity index is 3.15. The highest BCUT2D eigenvalue weighted by atomic mass is 16.5. The van der Waals surface area contributed by atoms with Crippen LogP contribution in [-0.2, 0) is 11.2 Å². The molecule has 1 rings (SSSR count). The van der Waals surface area contributed by atoms with E-state index in [1.165, 1.54) is 7.11 Å². The van der Waals surface area contributed by atoms with Gasteiger partial charge in [0.25, 0.3) is 0 Å². The number of hydrogen-bond acceptors (Lipinski definition) is 4. The quantitative estimate of drug-likeness (QED) is 0.544. The summed E-state index contributed by atoms with van der Waals surface area (Å²) in [5.41, 5.74) is 12.8. The average molecular weight is 194 g/mol. The van der Waals surface area contributed by atoms with Crippen molar-refractivity contribution in [3.8, 4) is 0 Å². The molecule has 0 bridgehead atoms. The van der Waals surface area contributed by atoms with Crippen LogP contribution in [0.3, 0.4) is 0 Å². The number of benzene rings is 1. The van der Waals surface area contributed by atoms with Crippen molar-refractivity contribution >= 4 is 11.7 Å². The van der Waals surface area contributed by atoms with Crippen LogP contribution >= 0.6 is 0 Å². The van der Waals surface area contributed by atoms with Crippen LogP contribution in [0.15, 0.2) is 18.2 Å². The van der Waals surface area contributed by atoms with E-state index in [-0.39, 0.29) is 0 Å². The van der Waals surface area contributed by atoms with E-state index >= 15 is 0 Å². The van der Waals surface area contributed by atoms with E-state index in [9.17, 15) is 4.79 Å². The van der Waals surface area contributed by atoms with Gasteiger partial charge in [0, 0.05) is 5.69 Å². The average Bonchev–Trinajstić information content (AvgIpc) is 2.18. The predicted molar refractivity (Wildman–Crippen MR) is 55.0 cm³/mol. The van der Waals surface area contributed by atoms with E-state index in [4.69, 9.17) is 11.5 Å². The molecule has 0 heterocycles. The maximum absolute atomic E-state index is 11.4. The van der Waals surface area contributed by atoms with Gasteiger partial charge in [0.15, 0.2) is 0 Å². The van der Waals surface area contributed by atoms with E-state index in [1.807, 2.05) is 6.07 Å². The van der Waals surface area contributed by atoms with Crippen molar-refractivity contribution in [2.24, 2.45) is 5.73 Å². The highest BCUT2D eigenvalue weighted by Crippen LogP contribution is 2.18. The Morgan fingerprint density at radius 3 is 2.79 bits per heavy atom. The van der Waals surface area contributed by atoms with Crippen LogP contribution < -0.4 is 11.5 Å². The Labute approximate surface area is 82.8 Å². The second kappa shape index (κ2) is 4.62. The van der Waals surface area contributed by atoms with E-state index in [2.05, 4.69) is 4.74 Å². The molecular formula is C10H14N2O2. The van der Waals surface area contributed by atoms with Gasteiger partial charge >= 0.3 is 5.97 Å². The number of nitrogen functional groups attached to an aromatic ring is 1. The van der Waals surface area contributed by atoms with Gasteiger partial charge in [0.2, 0.25) is 0 Å². The summed E-state index contributed by atoms with van der Waals surface area (Å²) >= 11 is 0. The summed E-state index contributed by atoms with van der Waals surface area (Å²) < 4.78 is 4.64. The fourth-order valence-electron chi connectivity index (χ4n) is 1.33. The summed E-state index contributed by atoms with van der Waals surface area (Å²) in [5.74, 6) is -0.411. The molecule has 1 aromatic rings. The third kappa shape index (κ3) is 2.03. The predicted octanol–water partition coefficient (Wildman–Crippen LogP) is 0.557.